The van der Waals surface area contributed by atoms with Gasteiger partial charge in [-0.25, -0.2) is 9.55 Å². The minimum absolute atomic E-state index is 0.0931. The SMILES string of the molecule is CC(=O)OC(CI)Cn1c([N+](=O)[O-])cnc1C. The maximum Gasteiger partial charge on any atom is 0.342 e. The summed E-state index contributed by atoms with van der Waals surface area (Å²) in [6.07, 6.45) is 0.813. The number of imidazole rings is 1. The molecule has 0 saturated carbocycles. The lowest BCUT2D eigenvalue weighted by Crippen LogP contribution is -2.25. The monoisotopic (exact) mass is 353 g/mol. The van der Waals surface area contributed by atoms with Crippen LogP contribution in [0.5, 0.6) is 0 Å². The number of carbonyl (C=O) groups is 1. The molecule has 1 unspecified atom stereocenters. The number of hydrogen-bond acceptors (Lipinski definition) is 5. The van der Waals surface area contributed by atoms with Crippen LogP contribution >= 0.6 is 22.6 Å². The molecule has 0 radical (unpaired) electrons. The lowest BCUT2D eigenvalue weighted by molar-refractivity contribution is -0.392. The number of aromatic nitrogens is 2. The van der Waals surface area contributed by atoms with Gasteiger partial charge < -0.3 is 14.9 Å². The van der Waals surface area contributed by atoms with Crippen LogP contribution in [0.25, 0.3) is 0 Å². The number of esters is 1. The van der Waals surface area contributed by atoms with Crippen molar-refractivity contribution in [3.63, 3.8) is 0 Å². The Labute approximate surface area is 111 Å². The summed E-state index contributed by atoms with van der Waals surface area (Å²) in [6, 6.07) is 0. The second-order valence-electron chi connectivity index (χ2n) is 3.42. The van der Waals surface area contributed by atoms with Crippen molar-refractivity contribution in [3.8, 4) is 0 Å². The summed E-state index contributed by atoms with van der Waals surface area (Å²) >= 11 is 2.07. The van der Waals surface area contributed by atoms with Gasteiger partial charge in [-0.05, 0) is 4.92 Å². The van der Waals surface area contributed by atoms with E-state index in [9.17, 15) is 14.9 Å². The Morgan fingerprint density at radius 1 is 1.76 bits per heavy atom. The highest BCUT2D eigenvalue weighted by atomic mass is 127. The van der Waals surface area contributed by atoms with E-state index in [2.05, 4.69) is 27.6 Å². The number of alkyl halides is 1. The van der Waals surface area contributed by atoms with E-state index in [1.165, 1.54) is 17.7 Å². The van der Waals surface area contributed by atoms with Crippen molar-refractivity contribution in [1.29, 1.82) is 0 Å². The second kappa shape index (κ2) is 5.94. The topological polar surface area (TPSA) is 87.3 Å². The second-order valence-corrected chi connectivity index (χ2v) is 4.30. The lowest BCUT2D eigenvalue weighted by Gasteiger charge is -2.13. The van der Waals surface area contributed by atoms with E-state index in [0.717, 1.165) is 0 Å². The molecule has 1 atom stereocenters. The molecule has 17 heavy (non-hydrogen) atoms. The van der Waals surface area contributed by atoms with E-state index in [1.807, 2.05) is 0 Å². The number of nitrogens with zero attached hydrogens (tertiary/aromatic N) is 3. The van der Waals surface area contributed by atoms with E-state index in [-0.39, 0.29) is 18.5 Å². The van der Waals surface area contributed by atoms with E-state index in [1.54, 1.807) is 6.92 Å². The maximum atomic E-state index is 10.9. The molecule has 1 aromatic rings. The van der Waals surface area contributed by atoms with E-state index < -0.39 is 10.9 Å². The molecule has 1 aromatic heterocycles. The number of halogens is 1. The van der Waals surface area contributed by atoms with Crippen LogP contribution in [0.15, 0.2) is 6.20 Å². The Kier molecular flexibility index (Phi) is 4.85. The molecule has 0 bridgehead atoms. The number of ether oxygens (including phenoxy) is 1. The molecule has 0 fully saturated rings. The van der Waals surface area contributed by atoms with Crippen LogP contribution < -0.4 is 0 Å². The summed E-state index contributed by atoms with van der Waals surface area (Å²) in [5.41, 5.74) is 0. The third-order valence-corrected chi connectivity index (χ3v) is 3.09. The quantitative estimate of drug-likeness (QED) is 0.263. The molecule has 0 spiro atoms. The van der Waals surface area contributed by atoms with Gasteiger partial charge in [0.05, 0.1) is 0 Å². The van der Waals surface area contributed by atoms with Gasteiger partial charge in [0.2, 0.25) is 0 Å². The fourth-order valence-electron chi connectivity index (χ4n) is 1.38. The highest BCUT2D eigenvalue weighted by Crippen LogP contribution is 2.15. The van der Waals surface area contributed by atoms with Gasteiger partial charge in [0.15, 0.2) is 5.82 Å². The third-order valence-electron chi connectivity index (χ3n) is 2.11. The fraction of sp³-hybridized carbons (Fsp3) is 0.556. The minimum atomic E-state index is -0.502. The Bertz CT molecular complexity index is 432. The van der Waals surface area contributed by atoms with Gasteiger partial charge in [0, 0.05) is 18.3 Å². The first-order chi connectivity index (χ1) is 7.95. The molecule has 7 nitrogen and oxygen atoms in total. The van der Waals surface area contributed by atoms with Crippen molar-refractivity contribution < 1.29 is 14.5 Å². The van der Waals surface area contributed by atoms with Crippen molar-refractivity contribution in [3.05, 3.63) is 22.1 Å². The minimum Gasteiger partial charge on any atom is -0.458 e. The average molecular weight is 353 g/mol. The van der Waals surface area contributed by atoms with Gasteiger partial charge in [0.1, 0.15) is 18.8 Å². The van der Waals surface area contributed by atoms with Crippen LogP contribution in [0, 0.1) is 17.0 Å². The largest absolute Gasteiger partial charge is 0.458 e. The van der Waals surface area contributed by atoms with E-state index in [4.69, 9.17) is 4.74 Å². The molecule has 0 amide bonds. The molecule has 8 heteroatoms. The number of hydrogen-bond donors (Lipinski definition) is 0. The highest BCUT2D eigenvalue weighted by Gasteiger charge is 2.22. The summed E-state index contributed by atoms with van der Waals surface area (Å²) in [6.45, 7) is 3.23. The first-order valence-electron chi connectivity index (χ1n) is 4.85. The summed E-state index contributed by atoms with van der Waals surface area (Å²) in [5, 5.41) is 10.8. The van der Waals surface area contributed by atoms with Crippen LogP contribution in [0.2, 0.25) is 0 Å². The summed E-state index contributed by atoms with van der Waals surface area (Å²) in [5.74, 6) is 0.0373. The highest BCUT2D eigenvalue weighted by molar-refractivity contribution is 14.1. The van der Waals surface area contributed by atoms with Crippen LogP contribution in [-0.2, 0) is 16.1 Å². The zero-order valence-electron chi connectivity index (χ0n) is 9.42. The van der Waals surface area contributed by atoms with E-state index in [0.29, 0.717) is 10.3 Å². The smallest absolute Gasteiger partial charge is 0.342 e. The third kappa shape index (κ3) is 3.65. The molecule has 0 aliphatic carbocycles. The van der Waals surface area contributed by atoms with Gasteiger partial charge >= 0.3 is 11.8 Å². The van der Waals surface area contributed by atoms with Crippen LogP contribution in [-0.4, -0.2) is 31.0 Å². The van der Waals surface area contributed by atoms with Crippen LogP contribution in [0.4, 0.5) is 5.82 Å². The molecular weight excluding hydrogens is 341 g/mol. The number of carbonyl (C=O) groups excluding carboxylic acids is 1. The molecule has 0 saturated heterocycles. The summed E-state index contributed by atoms with van der Waals surface area (Å²) < 4.78 is 7.04. The first kappa shape index (κ1) is 13.9. The van der Waals surface area contributed by atoms with Crippen LogP contribution in [0.1, 0.15) is 12.7 Å². The number of nitro groups is 1. The Morgan fingerprint density at radius 2 is 2.41 bits per heavy atom. The zero-order chi connectivity index (χ0) is 13.0. The molecule has 0 aliphatic rings. The van der Waals surface area contributed by atoms with Gasteiger partial charge in [-0.3, -0.25) is 4.79 Å². The molecule has 0 aliphatic heterocycles. The van der Waals surface area contributed by atoms with Crippen molar-refractivity contribution >= 4 is 34.4 Å². The van der Waals surface area contributed by atoms with Crippen LogP contribution in [0.3, 0.4) is 0 Å². The van der Waals surface area contributed by atoms with Gasteiger partial charge in [0.25, 0.3) is 0 Å². The maximum absolute atomic E-state index is 10.9. The normalized spacial score (nSPS) is 12.2. The van der Waals surface area contributed by atoms with Crippen molar-refractivity contribution in [2.75, 3.05) is 4.43 Å². The predicted molar refractivity (Wildman–Crippen MR) is 68.1 cm³/mol. The zero-order valence-corrected chi connectivity index (χ0v) is 11.6. The lowest BCUT2D eigenvalue weighted by atomic mass is 10.4. The van der Waals surface area contributed by atoms with E-state index >= 15 is 0 Å². The Hall–Kier alpha value is -1.19. The predicted octanol–water partition coefficient (Wildman–Crippen LogP) is 1.47. The molecule has 94 valence electrons. The van der Waals surface area contributed by atoms with Gasteiger partial charge in [-0.15, -0.1) is 0 Å². The first-order valence-corrected chi connectivity index (χ1v) is 6.38. The van der Waals surface area contributed by atoms with Gasteiger partial charge in [-0.1, -0.05) is 22.6 Å². The molecule has 0 aromatic carbocycles. The Balaban J connectivity index is 2.88. The molecule has 1 heterocycles. The number of rotatable bonds is 5. The summed E-state index contributed by atoms with van der Waals surface area (Å²) in [7, 11) is 0. The molecule has 1 rings (SSSR count). The van der Waals surface area contributed by atoms with Crippen molar-refractivity contribution in [2.24, 2.45) is 0 Å². The van der Waals surface area contributed by atoms with Crippen molar-refractivity contribution in [1.82, 2.24) is 9.55 Å². The number of aryl methyl sites for hydroxylation is 1. The average Bonchev–Trinajstić information content (AvgIpc) is 2.59. The van der Waals surface area contributed by atoms with Gasteiger partial charge in [-0.2, -0.15) is 0 Å². The molecule has 0 N–H and O–H groups in total. The fourth-order valence-corrected chi connectivity index (χ4v) is 1.84. The van der Waals surface area contributed by atoms with Crippen molar-refractivity contribution in [2.45, 2.75) is 26.5 Å². The molecular formula is C9H12IN3O4. The standard InChI is InChI=1S/C9H12IN3O4/c1-6-11-4-9(13(15)16)12(6)5-8(3-10)17-7(2)14/h4,8H,3,5H2,1-2H3. The Morgan fingerprint density at radius 3 is 2.88 bits per heavy atom. The summed E-state index contributed by atoms with van der Waals surface area (Å²) in [4.78, 5) is 25.0.